The van der Waals surface area contributed by atoms with E-state index in [0.717, 1.165) is 12.0 Å². The van der Waals surface area contributed by atoms with Crippen LogP contribution in [0, 0.1) is 23.7 Å². The van der Waals surface area contributed by atoms with Crippen LogP contribution < -0.4 is 0 Å². The molecule has 7 aliphatic rings. The molecule has 4 fully saturated rings. The van der Waals surface area contributed by atoms with E-state index >= 15 is 0 Å². The second-order valence-electron chi connectivity index (χ2n) is 23.5. The monoisotopic (exact) mass is 1000 g/mol. The zero-order valence-electron chi connectivity index (χ0n) is 45.1. The zero-order chi connectivity index (χ0) is 51.3. The predicted octanol–water partition coefficient (Wildman–Crippen LogP) is 8.80. The van der Waals surface area contributed by atoms with Crippen LogP contribution >= 0.6 is 0 Å². The summed E-state index contributed by atoms with van der Waals surface area (Å²) in [6.07, 6.45) is 9.93. The Labute approximate surface area is 419 Å². The maximum atomic E-state index is 14.4. The van der Waals surface area contributed by atoms with E-state index in [1.54, 1.807) is 26.4 Å². The summed E-state index contributed by atoms with van der Waals surface area (Å²) >= 11 is 0. The van der Waals surface area contributed by atoms with Crippen molar-refractivity contribution in [1.29, 1.82) is 0 Å². The van der Waals surface area contributed by atoms with E-state index in [9.17, 15) is 15.0 Å². The lowest BCUT2D eigenvalue weighted by molar-refractivity contribution is -0.327. The number of carbonyl (C=O) groups is 1. The third-order valence-corrected chi connectivity index (χ3v) is 21.6. The summed E-state index contributed by atoms with van der Waals surface area (Å²) in [7, 11) is 1.27. The number of allylic oxidation sites excluding steroid dienone is 2. The second-order valence-corrected chi connectivity index (χ2v) is 28.2. The molecule has 15 heteroatoms. The fourth-order valence-electron chi connectivity index (χ4n) is 11.5. The lowest BCUT2D eigenvalue weighted by Gasteiger charge is -2.51. The average molecular weight is 1000 g/mol. The van der Waals surface area contributed by atoms with Crippen LogP contribution in [0.1, 0.15) is 122 Å². The molecule has 70 heavy (non-hydrogen) atoms. The molecule has 0 saturated carbocycles. The molecule has 0 radical (unpaired) electrons. The zero-order valence-corrected chi connectivity index (χ0v) is 46.1. The standard InChI is InChI=1S/C55H88O14Si/c1-17-31(2)47-34(5)23-24-54(68-47)28-40-26-39(67-54)22-21-33(4)46(32(3)19-18-20-38-30-61-50-45(56)35(6)25-41(51(57)64-40)55(38,50)58)65-43-27-42(59-13)48(36(7)62-43)66-44-29-53(12,60-14)49(37(8)63-44)69-70(15,16)52(9,10)11/h18-21,23-25,31-32,34-37,39-40,42-50,56,58H,17,22,26-30H2,1-16H3/b19-18+,33-21+,38-20+/t31-,32-,34-,35-,36-,37-,39+,40-,42-,43-,44+,45+,46-,47+,48-,49-,50+,53+,54+,55+/m0/s1. The SMILES string of the molecule is CC[C@H](C)[C@H]1O[C@]2(C=C[C@@H]1C)C[C@@H]1C[C@@H](C/C=C(\C)[C@@H](O[C@H]3C[C@H](OC)[C@@H](O[C@@H]4C[C@@](C)(OC)[C@@H](O[Si](C)(C)C(C)(C)C)[C@H](C)O4)[C@H](C)O3)[C@@H](C)/C=C/C=C3\CO[C@@H]4[C@H](O)[C@@H](C)C=C(C(=O)O1)[C@]34O)O2. The van der Waals surface area contributed by atoms with Crippen molar-refractivity contribution < 1.29 is 66.8 Å². The summed E-state index contributed by atoms with van der Waals surface area (Å²) in [5.74, 6) is -1.99. The van der Waals surface area contributed by atoms with Gasteiger partial charge in [-0.1, -0.05) is 98.3 Å². The van der Waals surface area contributed by atoms with Gasteiger partial charge < -0.3 is 62.0 Å². The largest absolute Gasteiger partial charge is 0.459 e. The molecule has 0 unspecified atom stereocenters. The summed E-state index contributed by atoms with van der Waals surface area (Å²) in [6.45, 7) is 29.8. The summed E-state index contributed by atoms with van der Waals surface area (Å²) in [6, 6.07) is 0. The fraction of sp³-hybridized carbons (Fsp3) is 0.800. The number of rotatable bonds is 10. The van der Waals surface area contributed by atoms with E-state index in [1.165, 1.54) is 0 Å². The van der Waals surface area contributed by atoms with Gasteiger partial charge in [-0.25, -0.2) is 4.79 Å². The minimum atomic E-state index is -2.16. The number of carbonyl (C=O) groups excluding carboxylic acids is 1. The predicted molar refractivity (Wildman–Crippen MR) is 268 cm³/mol. The first-order valence-corrected chi connectivity index (χ1v) is 29.1. The van der Waals surface area contributed by atoms with Crippen molar-refractivity contribution in [3.63, 3.8) is 0 Å². The van der Waals surface area contributed by atoms with E-state index in [1.807, 2.05) is 39.0 Å². The molecule has 1 spiro atoms. The molecule has 6 heterocycles. The third kappa shape index (κ3) is 11.3. The van der Waals surface area contributed by atoms with Crippen LogP contribution in [0.3, 0.4) is 0 Å². The quantitative estimate of drug-likeness (QED) is 0.122. The first kappa shape index (κ1) is 55.7. The van der Waals surface area contributed by atoms with Crippen molar-refractivity contribution >= 4 is 14.3 Å². The van der Waals surface area contributed by atoms with Gasteiger partial charge in [0.2, 0.25) is 0 Å². The van der Waals surface area contributed by atoms with Gasteiger partial charge in [0.1, 0.15) is 23.9 Å². The lowest BCUT2D eigenvalue weighted by Crippen LogP contribution is -2.62. The Bertz CT molecular complexity index is 1990. The van der Waals surface area contributed by atoms with Gasteiger partial charge >= 0.3 is 5.97 Å². The van der Waals surface area contributed by atoms with Gasteiger partial charge in [-0.15, -0.1) is 0 Å². The average Bonchev–Trinajstić information content (AvgIpc) is 3.64. The van der Waals surface area contributed by atoms with Gasteiger partial charge in [0.05, 0.1) is 66.6 Å². The Morgan fingerprint density at radius 3 is 2.31 bits per heavy atom. The van der Waals surface area contributed by atoms with Gasteiger partial charge in [-0.05, 0) is 75.4 Å². The molecule has 14 nitrogen and oxygen atoms in total. The first-order chi connectivity index (χ1) is 32.8. The highest BCUT2D eigenvalue weighted by Gasteiger charge is 2.59. The Morgan fingerprint density at radius 1 is 0.929 bits per heavy atom. The van der Waals surface area contributed by atoms with Crippen LogP contribution in [0.5, 0.6) is 0 Å². The maximum absolute atomic E-state index is 14.4. The molecule has 1 aliphatic carbocycles. The highest BCUT2D eigenvalue weighted by molar-refractivity contribution is 6.74. The van der Waals surface area contributed by atoms with Gasteiger partial charge in [0.25, 0.3) is 0 Å². The van der Waals surface area contributed by atoms with Crippen LogP contribution in [0.15, 0.2) is 59.3 Å². The molecule has 7 rings (SSSR count). The van der Waals surface area contributed by atoms with E-state index in [0.29, 0.717) is 37.7 Å². The highest BCUT2D eigenvalue weighted by Crippen LogP contribution is 2.48. The number of aliphatic hydroxyl groups is 2. The van der Waals surface area contributed by atoms with Crippen molar-refractivity contribution in [2.75, 3.05) is 20.8 Å². The van der Waals surface area contributed by atoms with E-state index in [-0.39, 0.29) is 65.5 Å². The molecule has 2 bridgehead atoms. The lowest BCUT2D eigenvalue weighted by atomic mass is 9.72. The Kier molecular flexibility index (Phi) is 17.2. The van der Waals surface area contributed by atoms with Crippen molar-refractivity contribution in [2.45, 2.75) is 236 Å². The molecule has 0 aromatic carbocycles. The Hall–Kier alpha value is -2.09. The maximum Gasteiger partial charge on any atom is 0.337 e. The van der Waals surface area contributed by atoms with Crippen molar-refractivity contribution in [1.82, 2.24) is 0 Å². The van der Waals surface area contributed by atoms with Gasteiger partial charge in [0, 0.05) is 57.7 Å². The minimum Gasteiger partial charge on any atom is -0.459 e. The van der Waals surface area contributed by atoms with Crippen molar-refractivity contribution in [2.24, 2.45) is 23.7 Å². The molecular formula is C55H88O14Si. The van der Waals surface area contributed by atoms with E-state index in [2.05, 4.69) is 87.6 Å². The van der Waals surface area contributed by atoms with Crippen LogP contribution in [0.2, 0.25) is 18.1 Å². The van der Waals surface area contributed by atoms with Crippen molar-refractivity contribution in [3.8, 4) is 0 Å². The second kappa shape index (κ2) is 21.6. The molecule has 0 amide bonds. The molecule has 0 aromatic heterocycles. The Morgan fingerprint density at radius 2 is 1.64 bits per heavy atom. The molecule has 6 aliphatic heterocycles. The molecule has 396 valence electrons. The molecular weight excluding hydrogens is 913 g/mol. The van der Waals surface area contributed by atoms with Crippen LogP contribution in [0.25, 0.3) is 0 Å². The number of methoxy groups -OCH3 is 2. The number of hydrogen-bond donors (Lipinski definition) is 2. The fourth-order valence-corrected chi connectivity index (χ4v) is 12.9. The third-order valence-electron chi connectivity index (χ3n) is 17.2. The van der Waals surface area contributed by atoms with Gasteiger partial charge in [-0.2, -0.15) is 0 Å². The normalized spacial score (nSPS) is 46.5. The minimum absolute atomic E-state index is 0.0192. The van der Waals surface area contributed by atoms with Gasteiger partial charge in [0.15, 0.2) is 26.7 Å². The molecule has 4 saturated heterocycles. The highest BCUT2D eigenvalue weighted by atomic mass is 28.4. The van der Waals surface area contributed by atoms with Crippen molar-refractivity contribution in [3.05, 3.63) is 59.3 Å². The summed E-state index contributed by atoms with van der Waals surface area (Å²) in [5.41, 5.74) is -1.05. The van der Waals surface area contributed by atoms with Crippen LogP contribution in [-0.4, -0.2) is 142 Å². The first-order valence-electron chi connectivity index (χ1n) is 26.2. The van der Waals surface area contributed by atoms with E-state index < -0.39 is 86.4 Å². The Balaban J connectivity index is 1.15. The number of fused-ring (bicyclic) bond motifs is 2. The summed E-state index contributed by atoms with van der Waals surface area (Å²) in [4.78, 5) is 14.4. The number of hydrogen-bond acceptors (Lipinski definition) is 14. The number of esters is 1. The van der Waals surface area contributed by atoms with Crippen LogP contribution in [0.4, 0.5) is 0 Å². The van der Waals surface area contributed by atoms with Crippen LogP contribution in [-0.2, 0) is 56.6 Å². The number of aliphatic hydroxyl groups excluding tert-OH is 1. The van der Waals surface area contributed by atoms with Gasteiger partial charge in [-0.3, -0.25) is 0 Å². The molecule has 20 atom stereocenters. The smallest absolute Gasteiger partial charge is 0.337 e. The van der Waals surface area contributed by atoms with E-state index in [4.69, 9.17) is 51.8 Å². The summed E-state index contributed by atoms with van der Waals surface area (Å²) in [5, 5.41) is 23.9. The summed E-state index contributed by atoms with van der Waals surface area (Å²) < 4.78 is 72.8. The topological polar surface area (TPSA) is 159 Å². The number of ether oxygens (including phenoxy) is 10. The molecule has 2 N–H and O–H groups in total. The molecule has 0 aromatic rings.